The van der Waals surface area contributed by atoms with Gasteiger partial charge in [0, 0.05) is 53.9 Å². The molecule has 0 aromatic heterocycles. The van der Waals surface area contributed by atoms with Crippen molar-refractivity contribution in [1.29, 1.82) is 0 Å². The van der Waals surface area contributed by atoms with Crippen molar-refractivity contribution in [2.75, 3.05) is 30.3 Å². The van der Waals surface area contributed by atoms with E-state index in [1.54, 1.807) is 6.07 Å². The average Bonchev–Trinajstić information content (AvgIpc) is 3.56. The molecular formula is C47H55N2O9S2+. The largest absolute Gasteiger partial charge is 0.494 e. The van der Waals surface area contributed by atoms with E-state index in [0.717, 1.165) is 69.7 Å². The minimum absolute atomic E-state index is 0.107. The predicted molar refractivity (Wildman–Crippen MR) is 237 cm³/mol. The number of anilines is 1. The van der Waals surface area contributed by atoms with Crippen LogP contribution in [0.25, 0.3) is 10.8 Å². The Balaban J connectivity index is 1.32. The summed E-state index contributed by atoms with van der Waals surface area (Å²) in [5, 5.41) is 10.8. The molecule has 0 saturated heterocycles. The highest BCUT2D eigenvalue weighted by Gasteiger charge is 2.46. The van der Waals surface area contributed by atoms with Crippen LogP contribution in [-0.4, -0.2) is 72.8 Å². The molecule has 2 aliphatic rings. The molecule has 0 fully saturated rings. The number of benzene rings is 4. The number of aliphatic carboxylic acids is 1. The van der Waals surface area contributed by atoms with Gasteiger partial charge >= 0.3 is 5.97 Å². The van der Waals surface area contributed by atoms with Crippen molar-refractivity contribution >= 4 is 54.1 Å². The Morgan fingerprint density at radius 2 is 1.55 bits per heavy atom. The Morgan fingerprint density at radius 3 is 2.28 bits per heavy atom. The summed E-state index contributed by atoms with van der Waals surface area (Å²) in [5.74, 6) is -0.294. The van der Waals surface area contributed by atoms with Gasteiger partial charge in [0.15, 0.2) is 5.71 Å². The summed E-state index contributed by atoms with van der Waals surface area (Å²) >= 11 is 0. The third-order valence-electron chi connectivity index (χ3n) is 11.6. The van der Waals surface area contributed by atoms with E-state index >= 15 is 0 Å². The van der Waals surface area contributed by atoms with Crippen LogP contribution in [0.15, 0.2) is 126 Å². The van der Waals surface area contributed by atoms with E-state index < -0.39 is 37.0 Å². The SMILES string of the molecule is CC1(C)C(C=CC=CC=C2N(CCCOc3ccccc3)c3ccccc3C2(C)CCCCS(=O)(=O)O)=[N+](CCCCCC(=O)O)c2ccc3ccc(S(=O)(=O)O)cc3c21. The van der Waals surface area contributed by atoms with Crippen LogP contribution in [-0.2, 0) is 35.9 Å². The number of allylic oxidation sites excluding steroid dienone is 6. The van der Waals surface area contributed by atoms with Gasteiger partial charge < -0.3 is 14.7 Å². The number of carboxylic acid groups (broad SMARTS) is 1. The molecule has 3 N–H and O–H groups in total. The smallest absolute Gasteiger partial charge is 0.303 e. The van der Waals surface area contributed by atoms with E-state index in [2.05, 4.69) is 54.5 Å². The van der Waals surface area contributed by atoms with Gasteiger partial charge in [-0.05, 0) is 112 Å². The molecule has 2 heterocycles. The Morgan fingerprint density at radius 1 is 0.817 bits per heavy atom. The first kappa shape index (κ1) is 44.5. The number of rotatable bonds is 20. The van der Waals surface area contributed by atoms with Crippen LogP contribution >= 0.6 is 0 Å². The van der Waals surface area contributed by atoms with Gasteiger partial charge in [-0.25, -0.2) is 0 Å². The monoisotopic (exact) mass is 855 g/mol. The van der Waals surface area contributed by atoms with E-state index in [1.807, 2.05) is 72.8 Å². The number of fused-ring (bicyclic) bond motifs is 4. The molecule has 13 heteroatoms. The van der Waals surface area contributed by atoms with Gasteiger partial charge in [-0.3, -0.25) is 13.9 Å². The number of para-hydroxylation sites is 2. The fraction of sp³-hybridized carbons (Fsp3) is 0.362. The van der Waals surface area contributed by atoms with Gasteiger partial charge in [-0.15, -0.1) is 0 Å². The van der Waals surface area contributed by atoms with Gasteiger partial charge in [0.25, 0.3) is 20.2 Å². The van der Waals surface area contributed by atoms with Crippen molar-refractivity contribution in [2.24, 2.45) is 0 Å². The zero-order chi connectivity index (χ0) is 43.1. The number of unbranched alkanes of at least 4 members (excludes halogenated alkanes) is 3. The summed E-state index contributed by atoms with van der Waals surface area (Å²) in [4.78, 5) is 13.3. The number of carbonyl (C=O) groups is 1. The fourth-order valence-corrected chi connectivity index (χ4v) is 9.83. The molecule has 11 nitrogen and oxygen atoms in total. The van der Waals surface area contributed by atoms with Crippen molar-refractivity contribution in [3.8, 4) is 5.75 Å². The van der Waals surface area contributed by atoms with Crippen molar-refractivity contribution in [3.63, 3.8) is 0 Å². The molecule has 0 saturated carbocycles. The Bertz CT molecular complexity index is 2560. The third kappa shape index (κ3) is 10.3. The Hall–Kier alpha value is -5.08. The van der Waals surface area contributed by atoms with Crippen molar-refractivity contribution in [3.05, 3.63) is 132 Å². The number of hydrogen-bond acceptors (Lipinski definition) is 7. The second-order valence-corrected chi connectivity index (χ2v) is 19.2. The number of hydrogen-bond donors (Lipinski definition) is 3. The lowest BCUT2D eigenvalue weighted by molar-refractivity contribution is -0.438. The standard InChI is InChI=1S/C47H54N2O9S2/c1-46(2)42(49(30-15-6-11-24-44(50)51)41-28-26-35-25-27-37(60(55,56)57)34-38(35)45(41)46)22-9-5-10-23-43-47(3,29-14-16-33-59(52,53)54)39-20-12-13-21-40(39)48(43)31-17-32-58-36-18-7-4-8-19-36/h4-5,7-10,12-13,18-23,25-28,34H,6,11,14-17,24,29-33H2,1-3H3,(H2-,50,51,52,53,54,55,56,57)/p+1. The molecule has 6 rings (SSSR count). The molecule has 318 valence electrons. The lowest BCUT2D eigenvalue weighted by atomic mass is 9.77. The quantitative estimate of drug-likeness (QED) is 0.0338. The molecule has 60 heavy (non-hydrogen) atoms. The second kappa shape index (κ2) is 18.7. The zero-order valence-electron chi connectivity index (χ0n) is 34.5. The maximum Gasteiger partial charge on any atom is 0.303 e. The van der Waals surface area contributed by atoms with Crippen LogP contribution in [0.4, 0.5) is 11.4 Å². The molecule has 2 aliphatic heterocycles. The summed E-state index contributed by atoms with van der Waals surface area (Å²) < 4.78 is 75.1. The Kier molecular flexibility index (Phi) is 13.8. The summed E-state index contributed by atoms with van der Waals surface area (Å²) in [6, 6.07) is 26.6. The summed E-state index contributed by atoms with van der Waals surface area (Å²) in [6.45, 7) is 8.24. The van der Waals surface area contributed by atoms with Gasteiger partial charge in [-0.1, -0.05) is 67.1 Å². The molecule has 0 spiro atoms. The van der Waals surface area contributed by atoms with Gasteiger partial charge in [0.1, 0.15) is 12.3 Å². The Labute approximate surface area is 353 Å². The van der Waals surface area contributed by atoms with E-state index in [-0.39, 0.29) is 17.1 Å². The minimum atomic E-state index is -4.43. The van der Waals surface area contributed by atoms with Crippen LogP contribution in [0.5, 0.6) is 5.75 Å². The van der Waals surface area contributed by atoms with Crippen LogP contribution in [0.3, 0.4) is 0 Å². The summed E-state index contributed by atoms with van der Waals surface area (Å²) in [6.07, 6.45) is 14.7. The topological polar surface area (TPSA) is 162 Å². The third-order valence-corrected chi connectivity index (χ3v) is 13.3. The first-order valence-electron chi connectivity index (χ1n) is 20.5. The molecule has 1 atom stereocenters. The molecule has 1 unspecified atom stereocenters. The van der Waals surface area contributed by atoms with Gasteiger partial charge in [0.05, 0.1) is 22.7 Å². The zero-order valence-corrected chi connectivity index (χ0v) is 36.1. The first-order chi connectivity index (χ1) is 28.5. The highest BCUT2D eigenvalue weighted by Crippen LogP contribution is 2.51. The minimum Gasteiger partial charge on any atom is -0.494 e. The summed E-state index contributed by atoms with van der Waals surface area (Å²) in [5.41, 5.74) is 5.19. The first-order valence-corrected chi connectivity index (χ1v) is 23.5. The maximum atomic E-state index is 12.2. The van der Waals surface area contributed by atoms with Crippen molar-refractivity contribution in [2.45, 2.75) is 87.9 Å². The molecule has 0 amide bonds. The van der Waals surface area contributed by atoms with Gasteiger partial charge in [-0.2, -0.15) is 21.4 Å². The van der Waals surface area contributed by atoms with Crippen molar-refractivity contribution in [1.82, 2.24) is 0 Å². The average molecular weight is 856 g/mol. The summed E-state index contributed by atoms with van der Waals surface area (Å²) in [7, 11) is -8.50. The molecule has 4 aromatic rings. The second-order valence-electron chi connectivity index (χ2n) is 16.2. The molecule has 4 aromatic carbocycles. The molecule has 0 aliphatic carbocycles. The normalized spacial score (nSPS) is 18.3. The fourth-order valence-electron chi connectivity index (χ4n) is 8.76. The number of carboxylic acids is 1. The molecular weight excluding hydrogens is 801 g/mol. The lowest BCUT2D eigenvalue weighted by Gasteiger charge is -2.30. The van der Waals surface area contributed by atoms with E-state index in [0.29, 0.717) is 45.4 Å². The lowest BCUT2D eigenvalue weighted by Crippen LogP contribution is -2.30. The van der Waals surface area contributed by atoms with E-state index in [4.69, 9.17) is 4.74 Å². The van der Waals surface area contributed by atoms with Crippen LogP contribution < -0.4 is 9.64 Å². The van der Waals surface area contributed by atoms with E-state index in [9.17, 15) is 35.8 Å². The predicted octanol–water partition coefficient (Wildman–Crippen LogP) is 9.41. The molecule has 0 radical (unpaired) electrons. The maximum absolute atomic E-state index is 12.2. The number of nitrogens with zero attached hydrogens (tertiary/aromatic N) is 2. The molecule has 0 bridgehead atoms. The number of ether oxygens (including phenoxy) is 1. The van der Waals surface area contributed by atoms with Gasteiger partial charge in [0.2, 0.25) is 5.69 Å². The van der Waals surface area contributed by atoms with Crippen molar-refractivity contribution < 1.29 is 45.2 Å². The highest BCUT2D eigenvalue weighted by molar-refractivity contribution is 7.86. The van der Waals surface area contributed by atoms with Crippen LogP contribution in [0, 0.1) is 0 Å². The van der Waals surface area contributed by atoms with Crippen LogP contribution in [0.1, 0.15) is 83.3 Å². The van der Waals surface area contributed by atoms with E-state index in [1.165, 1.54) is 12.1 Å². The van der Waals surface area contributed by atoms with Crippen LogP contribution in [0.2, 0.25) is 0 Å². The highest BCUT2D eigenvalue weighted by atomic mass is 32.2.